The first kappa shape index (κ1) is 19.5. The third-order valence-corrected chi connectivity index (χ3v) is 4.49. The summed E-state index contributed by atoms with van der Waals surface area (Å²) in [4.78, 5) is 23.5. The first-order chi connectivity index (χ1) is 13.6. The van der Waals surface area contributed by atoms with Crippen molar-refractivity contribution in [3.8, 4) is 0 Å². The van der Waals surface area contributed by atoms with Crippen LogP contribution in [-0.4, -0.2) is 28.5 Å². The van der Waals surface area contributed by atoms with E-state index in [0.717, 1.165) is 6.42 Å². The van der Waals surface area contributed by atoms with Gasteiger partial charge in [-0.25, -0.2) is 9.97 Å². The molecular formula is C23H26N4O. The molecule has 5 nitrogen and oxygen atoms in total. The van der Waals surface area contributed by atoms with E-state index in [-0.39, 0.29) is 11.9 Å². The summed E-state index contributed by atoms with van der Waals surface area (Å²) in [6.07, 6.45) is 2.44. The molecule has 1 N–H and O–H groups in total. The number of carbonyl (C=O) groups is 1. The molecule has 5 heteroatoms. The fourth-order valence-electron chi connectivity index (χ4n) is 2.93. The summed E-state index contributed by atoms with van der Waals surface area (Å²) in [5.41, 5.74) is 2.76. The topological polar surface area (TPSA) is 58.1 Å². The Kier molecular flexibility index (Phi) is 6.73. The minimum absolute atomic E-state index is 0.178. The Morgan fingerprint density at radius 3 is 2.25 bits per heavy atom. The fraction of sp³-hybridized carbons (Fsp3) is 0.261. The van der Waals surface area contributed by atoms with E-state index in [1.807, 2.05) is 36.4 Å². The number of nitrogens with one attached hydrogen (secondary N) is 1. The molecule has 1 heterocycles. The molecule has 3 aromatic rings. The van der Waals surface area contributed by atoms with Crippen molar-refractivity contribution < 1.29 is 4.79 Å². The molecule has 0 bridgehead atoms. The van der Waals surface area contributed by atoms with Gasteiger partial charge >= 0.3 is 0 Å². The molecule has 0 aliphatic carbocycles. The summed E-state index contributed by atoms with van der Waals surface area (Å²) in [6.45, 7) is 5.45. The summed E-state index contributed by atoms with van der Waals surface area (Å²) < 4.78 is 0. The molecule has 0 saturated carbocycles. The van der Waals surface area contributed by atoms with Gasteiger partial charge in [0.25, 0.3) is 5.91 Å². The molecule has 28 heavy (non-hydrogen) atoms. The average molecular weight is 374 g/mol. The molecule has 3 rings (SSSR count). The molecule has 0 radical (unpaired) electrons. The molecule has 0 saturated heterocycles. The molecule has 0 fully saturated rings. The van der Waals surface area contributed by atoms with Gasteiger partial charge in [-0.3, -0.25) is 4.79 Å². The lowest BCUT2D eigenvalue weighted by Gasteiger charge is -2.27. The number of amides is 1. The summed E-state index contributed by atoms with van der Waals surface area (Å²) in [5, 5.41) is 2.94. The zero-order valence-corrected chi connectivity index (χ0v) is 16.4. The van der Waals surface area contributed by atoms with Gasteiger partial charge in [-0.1, -0.05) is 60.7 Å². The Hall–Kier alpha value is -3.21. The first-order valence-corrected chi connectivity index (χ1v) is 9.59. The van der Waals surface area contributed by atoms with Crippen LogP contribution in [0, 0.1) is 0 Å². The maximum absolute atomic E-state index is 12.5. The van der Waals surface area contributed by atoms with Crippen molar-refractivity contribution in [2.75, 3.05) is 11.4 Å². The second-order valence-electron chi connectivity index (χ2n) is 6.94. The van der Waals surface area contributed by atoms with Crippen molar-refractivity contribution in [2.45, 2.75) is 32.9 Å². The lowest BCUT2D eigenvalue weighted by molar-refractivity contribution is 0.0949. The predicted octanol–water partition coefficient (Wildman–Crippen LogP) is 3.86. The summed E-state index contributed by atoms with van der Waals surface area (Å²) in [6, 6.07) is 22.2. The maximum Gasteiger partial charge on any atom is 0.270 e. The Bertz CT molecular complexity index is 881. The van der Waals surface area contributed by atoms with Gasteiger partial charge in [0.1, 0.15) is 5.69 Å². The van der Waals surface area contributed by atoms with Crippen LogP contribution in [0.1, 0.15) is 35.5 Å². The van der Waals surface area contributed by atoms with E-state index in [2.05, 4.69) is 58.3 Å². The third kappa shape index (κ3) is 5.39. The van der Waals surface area contributed by atoms with Crippen molar-refractivity contribution >= 4 is 11.9 Å². The van der Waals surface area contributed by atoms with Crippen molar-refractivity contribution in [1.82, 2.24) is 15.3 Å². The van der Waals surface area contributed by atoms with Gasteiger partial charge in [-0.05, 0) is 37.5 Å². The molecule has 1 amide bonds. The largest absolute Gasteiger partial charge is 0.350 e. The van der Waals surface area contributed by atoms with Crippen LogP contribution in [-0.2, 0) is 13.0 Å². The van der Waals surface area contributed by atoms with Crippen LogP contribution in [0.3, 0.4) is 0 Å². The van der Waals surface area contributed by atoms with E-state index in [0.29, 0.717) is 24.7 Å². The minimum Gasteiger partial charge on any atom is -0.350 e. The monoisotopic (exact) mass is 374 g/mol. The highest BCUT2D eigenvalue weighted by atomic mass is 16.1. The number of carbonyl (C=O) groups excluding carboxylic acids is 1. The van der Waals surface area contributed by atoms with Crippen LogP contribution in [0.25, 0.3) is 0 Å². The van der Waals surface area contributed by atoms with E-state index >= 15 is 0 Å². The number of rotatable bonds is 8. The van der Waals surface area contributed by atoms with E-state index in [1.165, 1.54) is 11.1 Å². The van der Waals surface area contributed by atoms with Gasteiger partial charge in [-0.2, -0.15) is 0 Å². The second-order valence-corrected chi connectivity index (χ2v) is 6.94. The molecular weight excluding hydrogens is 348 g/mol. The Labute approximate surface area is 166 Å². The zero-order valence-electron chi connectivity index (χ0n) is 16.4. The van der Waals surface area contributed by atoms with Crippen LogP contribution in [0.4, 0.5) is 5.95 Å². The molecule has 0 atom stereocenters. The van der Waals surface area contributed by atoms with Crippen molar-refractivity contribution in [3.05, 3.63) is 89.7 Å². The van der Waals surface area contributed by atoms with Crippen LogP contribution >= 0.6 is 0 Å². The van der Waals surface area contributed by atoms with E-state index in [1.54, 1.807) is 12.3 Å². The second kappa shape index (κ2) is 9.65. The van der Waals surface area contributed by atoms with Crippen molar-refractivity contribution in [3.63, 3.8) is 0 Å². The first-order valence-electron chi connectivity index (χ1n) is 9.59. The third-order valence-electron chi connectivity index (χ3n) is 4.49. The van der Waals surface area contributed by atoms with Crippen LogP contribution < -0.4 is 10.2 Å². The highest BCUT2D eigenvalue weighted by Crippen LogP contribution is 2.16. The van der Waals surface area contributed by atoms with Crippen LogP contribution in [0.15, 0.2) is 72.9 Å². The van der Waals surface area contributed by atoms with Gasteiger partial charge in [0.15, 0.2) is 0 Å². The predicted molar refractivity (Wildman–Crippen MR) is 112 cm³/mol. The van der Waals surface area contributed by atoms with Gasteiger partial charge in [0, 0.05) is 25.3 Å². The number of hydrogen-bond acceptors (Lipinski definition) is 4. The molecule has 0 aliphatic heterocycles. The van der Waals surface area contributed by atoms with Crippen molar-refractivity contribution in [1.29, 1.82) is 0 Å². The SMILES string of the molecule is CC(C)N(Cc1ccccc1)c1nccc(C(=O)NCCc2ccccc2)n1. The minimum atomic E-state index is -0.178. The van der Waals surface area contributed by atoms with Crippen molar-refractivity contribution in [2.24, 2.45) is 0 Å². The number of anilines is 1. The van der Waals surface area contributed by atoms with Gasteiger partial charge < -0.3 is 10.2 Å². The Morgan fingerprint density at radius 2 is 1.61 bits per heavy atom. The fourth-order valence-corrected chi connectivity index (χ4v) is 2.93. The number of aromatic nitrogens is 2. The molecule has 1 aromatic heterocycles. The molecule has 0 aliphatic rings. The lowest BCUT2D eigenvalue weighted by Crippen LogP contribution is -2.33. The highest BCUT2D eigenvalue weighted by Gasteiger charge is 2.16. The quantitative estimate of drug-likeness (QED) is 0.650. The van der Waals surface area contributed by atoms with Crippen LogP contribution in [0.2, 0.25) is 0 Å². The Morgan fingerprint density at radius 1 is 0.964 bits per heavy atom. The number of nitrogens with zero attached hydrogens (tertiary/aromatic N) is 3. The average Bonchev–Trinajstić information content (AvgIpc) is 2.73. The summed E-state index contributed by atoms with van der Waals surface area (Å²) in [7, 11) is 0. The maximum atomic E-state index is 12.5. The lowest BCUT2D eigenvalue weighted by atomic mass is 10.1. The van der Waals surface area contributed by atoms with Gasteiger partial charge in [-0.15, -0.1) is 0 Å². The standard InChI is InChI=1S/C23H26N4O/c1-18(2)27(17-20-11-7-4-8-12-20)23-25-16-14-21(26-23)22(28)24-15-13-19-9-5-3-6-10-19/h3-12,14,16,18H,13,15,17H2,1-2H3,(H,24,28). The molecule has 2 aromatic carbocycles. The van der Waals surface area contributed by atoms with E-state index in [9.17, 15) is 4.79 Å². The van der Waals surface area contributed by atoms with Gasteiger partial charge in [0.2, 0.25) is 5.95 Å². The molecule has 144 valence electrons. The summed E-state index contributed by atoms with van der Waals surface area (Å²) >= 11 is 0. The normalized spacial score (nSPS) is 10.7. The molecule has 0 spiro atoms. The van der Waals surface area contributed by atoms with Gasteiger partial charge in [0.05, 0.1) is 0 Å². The zero-order chi connectivity index (χ0) is 19.8. The Balaban J connectivity index is 1.66. The summed E-state index contributed by atoms with van der Waals surface area (Å²) in [5.74, 6) is 0.387. The number of benzene rings is 2. The smallest absolute Gasteiger partial charge is 0.270 e. The number of hydrogen-bond donors (Lipinski definition) is 1. The van der Waals surface area contributed by atoms with E-state index in [4.69, 9.17) is 0 Å². The highest BCUT2D eigenvalue weighted by molar-refractivity contribution is 5.92. The van der Waals surface area contributed by atoms with Crippen LogP contribution in [0.5, 0.6) is 0 Å². The molecule has 0 unspecified atom stereocenters. The van der Waals surface area contributed by atoms with E-state index < -0.39 is 0 Å².